The van der Waals surface area contributed by atoms with Crippen molar-refractivity contribution in [2.24, 2.45) is 0 Å². The number of amides is 3. The van der Waals surface area contributed by atoms with Gasteiger partial charge in [0.05, 0.1) is 11.1 Å². The number of H-pyrrole nitrogens is 1. The molecule has 1 aromatic carbocycles. The molecule has 0 radical (unpaired) electrons. The molecule has 0 atom stereocenters. The average molecular weight is 400 g/mol. The van der Waals surface area contributed by atoms with Gasteiger partial charge in [-0.3, -0.25) is 19.6 Å². The molecule has 29 heavy (non-hydrogen) atoms. The molecule has 0 unspecified atom stereocenters. The van der Waals surface area contributed by atoms with Crippen LogP contribution in [-0.4, -0.2) is 34.5 Å². The maximum Gasteiger partial charge on any atom is 0.256 e. The van der Waals surface area contributed by atoms with Crippen molar-refractivity contribution in [2.75, 3.05) is 11.9 Å². The first-order chi connectivity index (χ1) is 13.8. The van der Waals surface area contributed by atoms with Crippen LogP contribution in [0.4, 0.5) is 10.1 Å². The van der Waals surface area contributed by atoms with Crippen molar-refractivity contribution < 1.29 is 24.0 Å². The first-order valence-corrected chi connectivity index (χ1v) is 9.05. The van der Waals surface area contributed by atoms with Gasteiger partial charge in [0, 0.05) is 35.6 Å². The molecule has 1 aliphatic rings. The molecule has 0 saturated heterocycles. The Morgan fingerprint density at radius 3 is 2.76 bits per heavy atom. The highest BCUT2D eigenvalue weighted by molar-refractivity contribution is 6.34. The van der Waals surface area contributed by atoms with E-state index in [0.29, 0.717) is 45.8 Å². The predicted octanol–water partition coefficient (Wildman–Crippen LogP) is 2.28. The van der Waals surface area contributed by atoms with Gasteiger partial charge in [-0.25, -0.2) is 9.87 Å². The van der Waals surface area contributed by atoms with Crippen molar-refractivity contribution in [3.63, 3.8) is 0 Å². The number of anilines is 1. The lowest BCUT2D eigenvalue weighted by molar-refractivity contribution is -0.129. The number of hydroxylamine groups is 1. The van der Waals surface area contributed by atoms with E-state index in [4.69, 9.17) is 5.21 Å². The topological polar surface area (TPSA) is 123 Å². The molecular weight excluding hydrogens is 379 g/mol. The van der Waals surface area contributed by atoms with Gasteiger partial charge in [0.25, 0.3) is 11.8 Å². The molecule has 0 spiro atoms. The number of fused-ring (bicyclic) bond motifs is 1. The van der Waals surface area contributed by atoms with E-state index in [-0.39, 0.29) is 24.8 Å². The third-order valence-electron chi connectivity index (χ3n) is 4.75. The summed E-state index contributed by atoms with van der Waals surface area (Å²) in [6.45, 7) is 3.76. The van der Waals surface area contributed by atoms with E-state index < -0.39 is 11.7 Å². The van der Waals surface area contributed by atoms with E-state index in [1.54, 1.807) is 19.9 Å². The van der Waals surface area contributed by atoms with Crippen LogP contribution in [-0.2, 0) is 9.59 Å². The zero-order chi connectivity index (χ0) is 21.1. The Bertz CT molecular complexity index is 1030. The summed E-state index contributed by atoms with van der Waals surface area (Å²) in [6, 6.07) is 4.07. The molecule has 1 aliphatic heterocycles. The van der Waals surface area contributed by atoms with Crippen LogP contribution >= 0.6 is 0 Å². The Morgan fingerprint density at radius 1 is 1.28 bits per heavy atom. The van der Waals surface area contributed by atoms with Crippen molar-refractivity contribution in [2.45, 2.75) is 26.7 Å². The van der Waals surface area contributed by atoms with Gasteiger partial charge >= 0.3 is 0 Å². The number of nitrogens with one attached hydrogen (secondary N) is 4. The number of rotatable bonds is 6. The quantitative estimate of drug-likeness (QED) is 0.221. The van der Waals surface area contributed by atoms with E-state index in [0.717, 1.165) is 0 Å². The van der Waals surface area contributed by atoms with Crippen LogP contribution in [0.5, 0.6) is 0 Å². The standard InChI is InChI=1S/C20H21FN4O4/c1-10-16(9-14-13-8-12(21)5-6-15(13)24-19(14)27)23-11(2)18(10)20(28)22-7-3-4-17(26)25-29/h5-6,8-9,23,29H,3-4,7H2,1-2H3,(H,22,28)(H,24,27)(H,25,26). The van der Waals surface area contributed by atoms with Crippen LogP contribution in [0, 0.1) is 19.7 Å². The van der Waals surface area contributed by atoms with Crippen LogP contribution in [0.2, 0.25) is 0 Å². The minimum Gasteiger partial charge on any atom is -0.358 e. The lowest BCUT2D eigenvalue weighted by Gasteiger charge is -2.05. The molecule has 3 amide bonds. The van der Waals surface area contributed by atoms with Gasteiger partial charge in [-0.1, -0.05) is 0 Å². The lowest BCUT2D eigenvalue weighted by atomic mass is 10.0. The highest BCUT2D eigenvalue weighted by Crippen LogP contribution is 2.34. The number of carbonyl (C=O) groups excluding carboxylic acids is 3. The second-order valence-corrected chi connectivity index (χ2v) is 6.76. The summed E-state index contributed by atoms with van der Waals surface area (Å²) < 4.78 is 13.6. The molecule has 3 rings (SSSR count). The third kappa shape index (κ3) is 4.19. The lowest BCUT2D eigenvalue weighted by Crippen LogP contribution is -2.27. The van der Waals surface area contributed by atoms with E-state index in [9.17, 15) is 18.8 Å². The fourth-order valence-corrected chi connectivity index (χ4v) is 3.30. The molecule has 8 nitrogen and oxygen atoms in total. The minimum atomic E-state index is -0.520. The number of hydrogen-bond donors (Lipinski definition) is 5. The SMILES string of the molecule is Cc1[nH]c(C=C2C(=O)Nc3ccc(F)cc32)c(C)c1C(=O)NCCCC(=O)NO. The second-order valence-electron chi connectivity index (χ2n) is 6.76. The molecule has 0 fully saturated rings. The summed E-state index contributed by atoms with van der Waals surface area (Å²) in [5.74, 6) is -1.62. The summed E-state index contributed by atoms with van der Waals surface area (Å²) >= 11 is 0. The molecule has 0 saturated carbocycles. The zero-order valence-electron chi connectivity index (χ0n) is 16.0. The van der Waals surface area contributed by atoms with Crippen LogP contribution in [0.1, 0.15) is 45.7 Å². The summed E-state index contributed by atoms with van der Waals surface area (Å²) in [7, 11) is 0. The molecule has 2 heterocycles. The maximum absolute atomic E-state index is 13.6. The molecule has 2 aromatic rings. The number of benzene rings is 1. The van der Waals surface area contributed by atoms with Crippen molar-refractivity contribution in [3.05, 3.63) is 52.1 Å². The highest BCUT2D eigenvalue weighted by Gasteiger charge is 2.26. The molecule has 1 aromatic heterocycles. The third-order valence-corrected chi connectivity index (χ3v) is 4.75. The molecule has 0 bridgehead atoms. The van der Waals surface area contributed by atoms with Crippen molar-refractivity contribution in [1.82, 2.24) is 15.8 Å². The number of carbonyl (C=O) groups is 3. The van der Waals surface area contributed by atoms with E-state index in [1.165, 1.54) is 23.7 Å². The molecule has 9 heteroatoms. The fraction of sp³-hybridized carbons (Fsp3) is 0.250. The molecule has 0 aliphatic carbocycles. The Balaban J connectivity index is 1.81. The molecular formula is C20H21FN4O4. The van der Waals surface area contributed by atoms with Gasteiger partial charge in [0.2, 0.25) is 5.91 Å². The van der Waals surface area contributed by atoms with Gasteiger partial charge in [0.15, 0.2) is 0 Å². The Hall–Kier alpha value is -3.46. The predicted molar refractivity (Wildman–Crippen MR) is 105 cm³/mol. The van der Waals surface area contributed by atoms with Gasteiger partial charge in [-0.05, 0) is 50.1 Å². The monoisotopic (exact) mass is 400 g/mol. The van der Waals surface area contributed by atoms with Crippen LogP contribution < -0.4 is 16.1 Å². The van der Waals surface area contributed by atoms with Gasteiger partial charge in [-0.2, -0.15) is 0 Å². The van der Waals surface area contributed by atoms with E-state index >= 15 is 0 Å². The summed E-state index contributed by atoms with van der Waals surface area (Å²) in [6.07, 6.45) is 2.07. The van der Waals surface area contributed by atoms with Crippen LogP contribution in [0.3, 0.4) is 0 Å². The Labute approximate surface area is 166 Å². The van der Waals surface area contributed by atoms with Crippen LogP contribution in [0.25, 0.3) is 11.6 Å². The summed E-state index contributed by atoms with van der Waals surface area (Å²) in [5.41, 5.74) is 5.15. The number of hydrogen-bond acceptors (Lipinski definition) is 4. The first kappa shape index (κ1) is 20.3. The maximum atomic E-state index is 13.6. The van der Waals surface area contributed by atoms with Gasteiger partial charge < -0.3 is 15.6 Å². The largest absolute Gasteiger partial charge is 0.358 e. The fourth-order valence-electron chi connectivity index (χ4n) is 3.30. The molecule has 5 N–H and O–H groups in total. The zero-order valence-corrected chi connectivity index (χ0v) is 16.0. The minimum absolute atomic E-state index is 0.0876. The first-order valence-electron chi connectivity index (χ1n) is 9.05. The van der Waals surface area contributed by atoms with E-state index in [1.807, 2.05) is 0 Å². The Morgan fingerprint density at radius 2 is 2.03 bits per heavy atom. The van der Waals surface area contributed by atoms with Gasteiger partial charge in [-0.15, -0.1) is 0 Å². The number of aromatic amines is 1. The average Bonchev–Trinajstić information content (AvgIpc) is 3.14. The number of halogens is 1. The van der Waals surface area contributed by atoms with Gasteiger partial charge in [0.1, 0.15) is 5.82 Å². The molecule has 152 valence electrons. The smallest absolute Gasteiger partial charge is 0.256 e. The van der Waals surface area contributed by atoms with Crippen molar-refractivity contribution in [3.8, 4) is 0 Å². The highest BCUT2D eigenvalue weighted by atomic mass is 19.1. The Kier molecular flexibility index (Phi) is 5.79. The van der Waals surface area contributed by atoms with E-state index in [2.05, 4.69) is 15.6 Å². The van der Waals surface area contributed by atoms with Crippen molar-refractivity contribution in [1.29, 1.82) is 0 Å². The summed E-state index contributed by atoms with van der Waals surface area (Å²) in [4.78, 5) is 38.9. The second kappa shape index (κ2) is 8.27. The van der Waals surface area contributed by atoms with Crippen molar-refractivity contribution >= 4 is 35.1 Å². The number of aryl methyl sites for hydroxylation is 1. The summed E-state index contributed by atoms with van der Waals surface area (Å²) in [5, 5.41) is 13.9. The number of aromatic nitrogens is 1. The normalized spacial score (nSPS) is 13.9. The van der Waals surface area contributed by atoms with Crippen LogP contribution in [0.15, 0.2) is 18.2 Å².